The van der Waals surface area contributed by atoms with E-state index in [1.54, 1.807) is 0 Å². The number of benzene rings is 1. The van der Waals surface area contributed by atoms with Gasteiger partial charge in [0, 0.05) is 24.1 Å². The van der Waals surface area contributed by atoms with Crippen molar-refractivity contribution < 1.29 is 4.79 Å². The largest absolute Gasteiger partial charge is 0.393 e. The van der Waals surface area contributed by atoms with E-state index in [2.05, 4.69) is 6.92 Å². The van der Waals surface area contributed by atoms with Crippen molar-refractivity contribution in [1.29, 1.82) is 0 Å². The molecule has 0 bridgehead atoms. The summed E-state index contributed by atoms with van der Waals surface area (Å²) < 4.78 is 0. The molecule has 2 rings (SSSR count). The zero-order valence-electron chi connectivity index (χ0n) is 10.6. The van der Waals surface area contributed by atoms with Crippen LogP contribution in [0.5, 0.6) is 0 Å². The fourth-order valence-corrected chi connectivity index (χ4v) is 2.42. The van der Waals surface area contributed by atoms with Crippen LogP contribution in [0.2, 0.25) is 0 Å². The Bertz CT molecular complexity index is 450. The first-order valence-corrected chi connectivity index (χ1v) is 6.58. The van der Waals surface area contributed by atoms with E-state index in [0.717, 1.165) is 31.5 Å². The number of nitrogens with two attached hydrogens (primary N) is 1. The van der Waals surface area contributed by atoms with Gasteiger partial charge in [-0.1, -0.05) is 37.3 Å². The number of hydrogen-bond donors (Lipinski definition) is 1. The highest BCUT2D eigenvalue weighted by molar-refractivity contribution is 7.80. The molecule has 0 radical (unpaired) electrons. The highest BCUT2D eigenvalue weighted by Crippen LogP contribution is 2.31. The van der Waals surface area contributed by atoms with Gasteiger partial charge in [-0.25, -0.2) is 0 Å². The molecule has 0 unspecified atom stereocenters. The molecule has 1 amide bonds. The predicted molar refractivity (Wildman–Crippen MR) is 76.5 cm³/mol. The summed E-state index contributed by atoms with van der Waals surface area (Å²) in [7, 11) is 0. The average molecular weight is 262 g/mol. The summed E-state index contributed by atoms with van der Waals surface area (Å²) in [6.07, 6.45) is 1.70. The van der Waals surface area contributed by atoms with Crippen molar-refractivity contribution in [1.82, 2.24) is 4.90 Å². The summed E-state index contributed by atoms with van der Waals surface area (Å²) in [6.45, 7) is 3.53. The Labute approximate surface area is 113 Å². The molecule has 2 N–H and O–H groups in total. The molecule has 96 valence electrons. The summed E-state index contributed by atoms with van der Waals surface area (Å²) >= 11 is 5.10. The molecule has 1 fully saturated rings. The molecule has 1 heterocycles. The normalized spacial score (nSPS) is 18.4. The fourth-order valence-electron chi connectivity index (χ4n) is 2.21. The summed E-state index contributed by atoms with van der Waals surface area (Å²) in [5, 5.41) is 0. The lowest BCUT2D eigenvalue weighted by molar-refractivity contribution is 0.0670. The van der Waals surface area contributed by atoms with Crippen molar-refractivity contribution in [2.75, 3.05) is 13.1 Å². The van der Waals surface area contributed by atoms with E-state index < -0.39 is 0 Å². The quantitative estimate of drug-likeness (QED) is 0.831. The van der Waals surface area contributed by atoms with E-state index in [1.165, 1.54) is 0 Å². The van der Waals surface area contributed by atoms with Crippen LogP contribution in [-0.2, 0) is 0 Å². The minimum atomic E-state index is -0.0944. The van der Waals surface area contributed by atoms with Gasteiger partial charge in [0.25, 0.3) is 5.91 Å². The number of nitrogens with zero attached hydrogens (tertiary/aromatic N) is 1. The Balaban J connectivity index is 2.03. The standard InChI is InChI=1S/C14H18N2OS/c1-14(13(15)18)7-9-16(10-8-14)12(17)11-5-3-2-4-6-11/h2-6H,7-10H2,1H3,(H2,15,18). The Morgan fingerprint density at radius 3 is 2.33 bits per heavy atom. The van der Waals surface area contributed by atoms with Gasteiger partial charge in [-0.3, -0.25) is 4.79 Å². The first-order chi connectivity index (χ1) is 8.53. The Morgan fingerprint density at radius 1 is 1.28 bits per heavy atom. The zero-order chi connectivity index (χ0) is 13.2. The van der Waals surface area contributed by atoms with Gasteiger partial charge < -0.3 is 10.6 Å². The Morgan fingerprint density at radius 2 is 1.83 bits per heavy atom. The van der Waals surface area contributed by atoms with Crippen LogP contribution in [0.15, 0.2) is 30.3 Å². The lowest BCUT2D eigenvalue weighted by Gasteiger charge is -2.38. The summed E-state index contributed by atoms with van der Waals surface area (Å²) in [6, 6.07) is 9.39. The molecule has 0 aliphatic carbocycles. The summed E-state index contributed by atoms with van der Waals surface area (Å²) in [5.41, 5.74) is 6.41. The summed E-state index contributed by atoms with van der Waals surface area (Å²) in [4.78, 5) is 14.7. The van der Waals surface area contributed by atoms with E-state index in [4.69, 9.17) is 18.0 Å². The highest BCUT2D eigenvalue weighted by atomic mass is 32.1. The van der Waals surface area contributed by atoms with Crippen molar-refractivity contribution in [3.8, 4) is 0 Å². The second-order valence-corrected chi connectivity index (χ2v) is 5.52. The molecule has 1 saturated heterocycles. The molecule has 1 aromatic carbocycles. The maximum Gasteiger partial charge on any atom is 0.253 e. The van der Waals surface area contributed by atoms with Crippen LogP contribution in [0.1, 0.15) is 30.1 Å². The number of hydrogen-bond acceptors (Lipinski definition) is 2. The van der Waals surface area contributed by atoms with Gasteiger partial charge in [0.1, 0.15) is 0 Å². The van der Waals surface area contributed by atoms with Crippen LogP contribution >= 0.6 is 12.2 Å². The predicted octanol–water partition coefficient (Wildman–Crippen LogP) is 2.21. The second kappa shape index (κ2) is 5.06. The molecular weight excluding hydrogens is 244 g/mol. The highest BCUT2D eigenvalue weighted by Gasteiger charge is 2.34. The first-order valence-electron chi connectivity index (χ1n) is 6.17. The lowest BCUT2D eigenvalue weighted by atomic mass is 9.80. The number of rotatable bonds is 2. The molecule has 0 spiro atoms. The van der Waals surface area contributed by atoms with Gasteiger partial charge in [0.2, 0.25) is 0 Å². The fraction of sp³-hybridized carbons (Fsp3) is 0.429. The molecule has 0 atom stereocenters. The number of carbonyl (C=O) groups excluding carboxylic acids is 1. The maximum atomic E-state index is 12.2. The number of carbonyl (C=O) groups is 1. The van der Waals surface area contributed by atoms with E-state index in [-0.39, 0.29) is 11.3 Å². The van der Waals surface area contributed by atoms with Crippen LogP contribution < -0.4 is 5.73 Å². The van der Waals surface area contributed by atoms with Gasteiger partial charge in [-0.15, -0.1) is 0 Å². The average Bonchev–Trinajstić information content (AvgIpc) is 2.40. The first kappa shape index (κ1) is 13.0. The number of amides is 1. The topological polar surface area (TPSA) is 46.3 Å². The third kappa shape index (κ3) is 2.53. The van der Waals surface area contributed by atoms with Crippen LogP contribution in [0.3, 0.4) is 0 Å². The van der Waals surface area contributed by atoms with Crippen LogP contribution in [0.25, 0.3) is 0 Å². The van der Waals surface area contributed by atoms with Crippen molar-refractivity contribution in [3.63, 3.8) is 0 Å². The molecule has 1 aromatic rings. The van der Waals surface area contributed by atoms with E-state index in [9.17, 15) is 4.79 Å². The number of piperidine rings is 1. The minimum Gasteiger partial charge on any atom is -0.393 e. The molecule has 1 aliphatic rings. The zero-order valence-corrected chi connectivity index (χ0v) is 11.4. The van der Waals surface area contributed by atoms with Gasteiger partial charge in [0.05, 0.1) is 4.99 Å². The van der Waals surface area contributed by atoms with Gasteiger partial charge in [-0.05, 0) is 25.0 Å². The van der Waals surface area contributed by atoms with E-state index in [0.29, 0.717) is 4.99 Å². The lowest BCUT2D eigenvalue weighted by Crippen LogP contribution is -2.46. The minimum absolute atomic E-state index is 0.0944. The molecule has 1 aliphatic heterocycles. The molecule has 0 aromatic heterocycles. The number of thiocarbonyl (C=S) groups is 1. The van der Waals surface area contributed by atoms with Gasteiger partial charge in [-0.2, -0.15) is 0 Å². The van der Waals surface area contributed by atoms with Gasteiger partial charge >= 0.3 is 0 Å². The molecule has 4 heteroatoms. The molecule has 18 heavy (non-hydrogen) atoms. The summed E-state index contributed by atoms with van der Waals surface area (Å²) in [5.74, 6) is 0.0978. The third-order valence-corrected chi connectivity index (χ3v) is 4.26. The molecule has 3 nitrogen and oxygen atoms in total. The van der Waals surface area contributed by atoms with Crippen LogP contribution in [0, 0.1) is 5.41 Å². The second-order valence-electron chi connectivity index (χ2n) is 5.08. The van der Waals surface area contributed by atoms with Crippen LogP contribution in [-0.4, -0.2) is 28.9 Å². The molecular formula is C14H18N2OS. The van der Waals surface area contributed by atoms with Crippen molar-refractivity contribution in [2.45, 2.75) is 19.8 Å². The van der Waals surface area contributed by atoms with Crippen molar-refractivity contribution >= 4 is 23.1 Å². The van der Waals surface area contributed by atoms with E-state index in [1.807, 2.05) is 35.2 Å². The number of likely N-dealkylation sites (tertiary alicyclic amines) is 1. The van der Waals surface area contributed by atoms with Crippen LogP contribution in [0.4, 0.5) is 0 Å². The van der Waals surface area contributed by atoms with Gasteiger partial charge in [0.15, 0.2) is 0 Å². The Hall–Kier alpha value is -1.42. The maximum absolute atomic E-state index is 12.2. The third-order valence-electron chi connectivity index (χ3n) is 3.77. The van der Waals surface area contributed by atoms with Crippen molar-refractivity contribution in [2.24, 2.45) is 11.1 Å². The smallest absolute Gasteiger partial charge is 0.253 e. The SMILES string of the molecule is CC1(C(N)=S)CCN(C(=O)c2ccccc2)CC1. The monoisotopic (exact) mass is 262 g/mol. The van der Waals surface area contributed by atoms with Crippen molar-refractivity contribution in [3.05, 3.63) is 35.9 Å². The Kier molecular flexibility index (Phi) is 3.66. The molecule has 0 saturated carbocycles. The van der Waals surface area contributed by atoms with E-state index >= 15 is 0 Å².